The number of carbonyl (C=O) groups is 2. The zero-order chi connectivity index (χ0) is 16.9. The van der Waals surface area contributed by atoms with Crippen LogP contribution in [0.1, 0.15) is 31.6 Å². The van der Waals surface area contributed by atoms with E-state index in [-0.39, 0.29) is 18.4 Å². The molecule has 1 aliphatic rings. The van der Waals surface area contributed by atoms with Crippen LogP contribution in [-0.2, 0) is 16.0 Å². The monoisotopic (exact) mass is 328 g/mol. The minimum absolute atomic E-state index is 0.160. The van der Waals surface area contributed by atoms with Crippen molar-refractivity contribution in [2.75, 3.05) is 0 Å². The first kappa shape index (κ1) is 16.2. The van der Waals surface area contributed by atoms with Crippen molar-refractivity contribution >= 4 is 11.9 Å². The van der Waals surface area contributed by atoms with E-state index in [1.807, 2.05) is 30.3 Å². The number of amides is 1. The lowest BCUT2D eigenvalue weighted by Crippen LogP contribution is -2.40. The van der Waals surface area contributed by atoms with E-state index in [1.54, 1.807) is 6.20 Å². The third-order valence-electron chi connectivity index (χ3n) is 4.36. The van der Waals surface area contributed by atoms with Crippen LogP contribution in [0.3, 0.4) is 0 Å². The van der Waals surface area contributed by atoms with Crippen LogP contribution >= 0.6 is 0 Å². The number of hydrogen-bond donors (Lipinski definition) is 2. The molecule has 0 bridgehead atoms. The summed E-state index contributed by atoms with van der Waals surface area (Å²) in [6.07, 6.45) is 4.46. The van der Waals surface area contributed by atoms with Gasteiger partial charge in [0.25, 0.3) is 0 Å². The number of benzene rings is 1. The average molecular weight is 328 g/mol. The Morgan fingerprint density at radius 2 is 2.04 bits per heavy atom. The molecular formula is C18H20N2O4. The van der Waals surface area contributed by atoms with Crippen LogP contribution < -0.4 is 5.32 Å². The summed E-state index contributed by atoms with van der Waals surface area (Å²) in [7, 11) is 0. The number of nitrogens with zero attached hydrogens (tertiary/aromatic N) is 1. The molecule has 1 saturated carbocycles. The normalized spacial score (nSPS) is 20.0. The minimum atomic E-state index is -0.835. The van der Waals surface area contributed by atoms with E-state index in [4.69, 9.17) is 9.52 Å². The predicted molar refractivity (Wildman–Crippen MR) is 87.2 cm³/mol. The Balaban J connectivity index is 1.52. The van der Waals surface area contributed by atoms with Crippen molar-refractivity contribution in [1.82, 2.24) is 10.3 Å². The van der Waals surface area contributed by atoms with E-state index in [9.17, 15) is 9.59 Å². The number of hydrogen-bond acceptors (Lipinski definition) is 4. The molecule has 0 aliphatic heterocycles. The highest BCUT2D eigenvalue weighted by atomic mass is 16.4. The molecule has 126 valence electrons. The van der Waals surface area contributed by atoms with Gasteiger partial charge in [0.05, 0.1) is 12.1 Å². The number of aliphatic carboxylic acids is 1. The van der Waals surface area contributed by atoms with Gasteiger partial charge in [-0.15, -0.1) is 0 Å². The summed E-state index contributed by atoms with van der Waals surface area (Å²) in [6, 6.07) is 9.38. The molecule has 2 atom stereocenters. The van der Waals surface area contributed by atoms with E-state index >= 15 is 0 Å². The van der Waals surface area contributed by atoms with Gasteiger partial charge < -0.3 is 14.8 Å². The lowest BCUT2D eigenvalue weighted by Gasteiger charge is -2.17. The van der Waals surface area contributed by atoms with Gasteiger partial charge >= 0.3 is 5.97 Å². The summed E-state index contributed by atoms with van der Waals surface area (Å²) in [4.78, 5) is 27.4. The van der Waals surface area contributed by atoms with Gasteiger partial charge in [0.1, 0.15) is 0 Å². The molecule has 24 heavy (non-hydrogen) atoms. The molecule has 1 aromatic carbocycles. The first-order valence-corrected chi connectivity index (χ1v) is 8.16. The molecule has 1 aromatic heterocycles. The summed E-state index contributed by atoms with van der Waals surface area (Å²) in [6.45, 7) is 0. The maximum absolute atomic E-state index is 12.0. The smallest absolute Gasteiger partial charge is 0.308 e. The number of carbonyl (C=O) groups excluding carboxylic acids is 1. The lowest BCUT2D eigenvalue weighted by molar-refractivity contribution is -0.142. The van der Waals surface area contributed by atoms with Gasteiger partial charge in [-0.3, -0.25) is 9.59 Å². The second-order valence-electron chi connectivity index (χ2n) is 6.03. The van der Waals surface area contributed by atoms with Gasteiger partial charge in [-0.1, -0.05) is 36.8 Å². The van der Waals surface area contributed by atoms with E-state index < -0.39 is 11.9 Å². The van der Waals surface area contributed by atoms with Gasteiger partial charge in [-0.2, -0.15) is 0 Å². The molecule has 6 nitrogen and oxygen atoms in total. The topological polar surface area (TPSA) is 92.4 Å². The summed E-state index contributed by atoms with van der Waals surface area (Å²) < 4.78 is 5.66. The Labute approximate surface area is 139 Å². The molecule has 6 heteroatoms. The van der Waals surface area contributed by atoms with Crippen LogP contribution in [0, 0.1) is 5.92 Å². The molecule has 0 spiro atoms. The number of oxazole rings is 1. The molecule has 1 amide bonds. The summed E-state index contributed by atoms with van der Waals surface area (Å²) in [5.41, 5.74) is 0.941. The minimum Gasteiger partial charge on any atom is -0.481 e. The molecule has 0 radical (unpaired) electrons. The number of aromatic nitrogens is 1. The highest BCUT2D eigenvalue weighted by Gasteiger charge is 2.33. The maximum Gasteiger partial charge on any atom is 0.308 e. The van der Waals surface area contributed by atoms with Gasteiger partial charge in [0.2, 0.25) is 5.91 Å². The quantitative estimate of drug-likeness (QED) is 0.850. The van der Waals surface area contributed by atoms with Gasteiger partial charge in [-0.05, 0) is 12.8 Å². The number of rotatable bonds is 6. The molecule has 2 aromatic rings. The number of carboxylic acids is 1. The Morgan fingerprint density at radius 3 is 2.79 bits per heavy atom. The van der Waals surface area contributed by atoms with E-state index in [0.29, 0.717) is 24.5 Å². The summed E-state index contributed by atoms with van der Waals surface area (Å²) >= 11 is 0. The summed E-state index contributed by atoms with van der Waals surface area (Å²) in [5.74, 6) is -0.288. The van der Waals surface area contributed by atoms with Crippen molar-refractivity contribution in [3.63, 3.8) is 0 Å². The Kier molecular flexibility index (Phi) is 4.93. The van der Waals surface area contributed by atoms with Crippen LogP contribution in [0.15, 0.2) is 40.9 Å². The molecule has 1 fully saturated rings. The Morgan fingerprint density at radius 1 is 1.25 bits per heavy atom. The fraction of sp³-hybridized carbons (Fsp3) is 0.389. The van der Waals surface area contributed by atoms with Gasteiger partial charge in [-0.25, -0.2) is 4.98 Å². The molecule has 1 aliphatic carbocycles. The number of nitrogens with one attached hydrogen (secondary N) is 1. The van der Waals surface area contributed by atoms with Crippen LogP contribution in [0.2, 0.25) is 0 Å². The third-order valence-corrected chi connectivity index (χ3v) is 4.36. The van der Waals surface area contributed by atoms with Crippen molar-refractivity contribution in [2.24, 2.45) is 5.92 Å². The maximum atomic E-state index is 12.0. The zero-order valence-corrected chi connectivity index (χ0v) is 13.3. The van der Waals surface area contributed by atoms with Crippen molar-refractivity contribution in [3.05, 3.63) is 42.4 Å². The Hall–Kier alpha value is -2.63. The van der Waals surface area contributed by atoms with Crippen LogP contribution in [0.4, 0.5) is 0 Å². The highest BCUT2D eigenvalue weighted by molar-refractivity contribution is 5.78. The molecule has 2 N–H and O–H groups in total. The largest absolute Gasteiger partial charge is 0.481 e. The molecule has 3 rings (SSSR count). The third kappa shape index (κ3) is 3.82. The molecule has 1 heterocycles. The fourth-order valence-corrected chi connectivity index (χ4v) is 3.09. The number of aryl methyl sites for hydroxylation is 1. The van der Waals surface area contributed by atoms with Crippen LogP contribution in [-0.4, -0.2) is 28.0 Å². The standard InChI is InChI=1S/C18H20N2O4/c21-16(20-14-8-4-7-13(14)18(22)23)9-10-17-19-11-15(24-17)12-5-2-1-3-6-12/h1-3,5-6,11,13-14H,4,7-10H2,(H,20,21)(H,22,23)/t13-,14+/m1/s1. The predicted octanol–water partition coefficient (Wildman–Crippen LogP) is 2.64. The van der Waals surface area contributed by atoms with Crippen LogP contribution in [0.25, 0.3) is 11.3 Å². The van der Waals surface area contributed by atoms with Crippen molar-refractivity contribution in [3.8, 4) is 11.3 Å². The number of carboxylic acid groups (broad SMARTS) is 1. The lowest BCUT2D eigenvalue weighted by atomic mass is 10.0. The van der Waals surface area contributed by atoms with Crippen molar-refractivity contribution in [1.29, 1.82) is 0 Å². The summed E-state index contributed by atoms with van der Waals surface area (Å²) in [5, 5.41) is 12.0. The first-order chi connectivity index (χ1) is 11.6. The van der Waals surface area contributed by atoms with Gasteiger partial charge in [0.15, 0.2) is 11.7 Å². The fourth-order valence-electron chi connectivity index (χ4n) is 3.09. The second kappa shape index (κ2) is 7.29. The van der Waals surface area contributed by atoms with E-state index in [2.05, 4.69) is 10.3 Å². The Bertz CT molecular complexity index is 711. The van der Waals surface area contributed by atoms with E-state index in [0.717, 1.165) is 18.4 Å². The van der Waals surface area contributed by atoms with Gasteiger partial charge in [0, 0.05) is 24.4 Å². The van der Waals surface area contributed by atoms with Crippen molar-refractivity contribution in [2.45, 2.75) is 38.1 Å². The molecular weight excluding hydrogens is 308 g/mol. The zero-order valence-electron chi connectivity index (χ0n) is 13.3. The van der Waals surface area contributed by atoms with Crippen molar-refractivity contribution < 1.29 is 19.1 Å². The molecule has 0 saturated heterocycles. The highest BCUT2D eigenvalue weighted by Crippen LogP contribution is 2.26. The van der Waals surface area contributed by atoms with E-state index in [1.165, 1.54) is 0 Å². The average Bonchev–Trinajstić information content (AvgIpc) is 3.23. The van der Waals surface area contributed by atoms with Crippen LogP contribution in [0.5, 0.6) is 0 Å². The molecule has 0 unspecified atom stereocenters. The SMILES string of the molecule is O=C(CCc1ncc(-c2ccccc2)o1)N[C@H]1CCC[C@H]1C(=O)O. The second-order valence-corrected chi connectivity index (χ2v) is 6.03. The first-order valence-electron chi connectivity index (χ1n) is 8.16.